The highest BCUT2D eigenvalue weighted by Gasteiger charge is 2.42. The molecule has 1 aliphatic heterocycles. The van der Waals surface area contributed by atoms with Crippen molar-refractivity contribution in [1.82, 2.24) is 24.6 Å². The number of likely N-dealkylation sites (N-methyl/N-ethyl adjacent to an activating group) is 1. The van der Waals surface area contributed by atoms with Crippen molar-refractivity contribution in [2.24, 2.45) is 5.73 Å². The van der Waals surface area contributed by atoms with Crippen LogP contribution in [0, 0.1) is 18.8 Å². The molecule has 1 aromatic carbocycles. The number of aromatic nitrogens is 4. The second-order valence-electron chi connectivity index (χ2n) is 6.92. The fraction of sp³-hybridized carbons (Fsp3) is 0.250. The Bertz CT molecular complexity index is 1220. The number of aryl methyl sites for hydroxylation is 1. The van der Waals surface area contributed by atoms with Crippen LogP contribution in [0.25, 0.3) is 16.7 Å². The van der Waals surface area contributed by atoms with E-state index >= 15 is 0 Å². The molecule has 1 saturated heterocycles. The SMILES string of the molecule is Cc1ncc2c(C(N)=O)nn(-c3cccc(C#CC4(O)CCN(C)C4=O)c3)c2n1. The van der Waals surface area contributed by atoms with Crippen molar-refractivity contribution in [3.05, 3.63) is 47.5 Å². The van der Waals surface area contributed by atoms with Crippen molar-refractivity contribution in [3.63, 3.8) is 0 Å². The van der Waals surface area contributed by atoms with Gasteiger partial charge in [-0.25, -0.2) is 14.6 Å². The fourth-order valence-electron chi connectivity index (χ4n) is 3.21. The molecule has 0 radical (unpaired) electrons. The Kier molecular flexibility index (Phi) is 4.28. The number of nitrogens with two attached hydrogens (primary N) is 1. The molecule has 1 fully saturated rings. The zero-order chi connectivity index (χ0) is 20.8. The number of aliphatic hydroxyl groups is 1. The maximum atomic E-state index is 12.1. The van der Waals surface area contributed by atoms with Crippen LogP contribution in [0.5, 0.6) is 0 Å². The van der Waals surface area contributed by atoms with Crippen LogP contribution in [0.1, 0.15) is 28.3 Å². The summed E-state index contributed by atoms with van der Waals surface area (Å²) in [6.07, 6.45) is 1.78. The van der Waals surface area contributed by atoms with Crippen LogP contribution in [0.4, 0.5) is 0 Å². The van der Waals surface area contributed by atoms with E-state index in [0.717, 1.165) is 0 Å². The van der Waals surface area contributed by atoms with Crippen LogP contribution >= 0.6 is 0 Å². The molecule has 0 bridgehead atoms. The smallest absolute Gasteiger partial charge is 0.269 e. The summed E-state index contributed by atoms with van der Waals surface area (Å²) in [5.41, 5.74) is 5.47. The molecule has 3 aromatic rings. The van der Waals surface area contributed by atoms with E-state index in [4.69, 9.17) is 5.73 Å². The summed E-state index contributed by atoms with van der Waals surface area (Å²) in [5.74, 6) is 4.99. The molecule has 3 N–H and O–H groups in total. The summed E-state index contributed by atoms with van der Waals surface area (Å²) < 4.78 is 1.50. The van der Waals surface area contributed by atoms with E-state index in [1.54, 1.807) is 38.2 Å². The van der Waals surface area contributed by atoms with Crippen molar-refractivity contribution in [2.45, 2.75) is 18.9 Å². The van der Waals surface area contributed by atoms with Crippen LogP contribution in [-0.2, 0) is 4.79 Å². The zero-order valence-corrected chi connectivity index (χ0v) is 15.9. The lowest BCUT2D eigenvalue weighted by Crippen LogP contribution is -2.37. The highest BCUT2D eigenvalue weighted by atomic mass is 16.3. The Labute approximate surface area is 166 Å². The summed E-state index contributed by atoms with van der Waals surface area (Å²) in [6.45, 7) is 2.19. The molecule has 3 heterocycles. The largest absolute Gasteiger partial charge is 0.369 e. The number of hydrogen-bond acceptors (Lipinski definition) is 6. The van der Waals surface area contributed by atoms with Gasteiger partial charge in [-0.3, -0.25) is 9.59 Å². The molecule has 1 aliphatic rings. The van der Waals surface area contributed by atoms with Gasteiger partial charge in [-0.05, 0) is 25.1 Å². The first-order valence-corrected chi connectivity index (χ1v) is 8.92. The monoisotopic (exact) mass is 390 g/mol. The van der Waals surface area contributed by atoms with E-state index in [-0.39, 0.29) is 12.1 Å². The summed E-state index contributed by atoms with van der Waals surface area (Å²) in [6, 6.07) is 7.03. The number of carbonyl (C=O) groups excluding carboxylic acids is 2. The molecule has 1 atom stereocenters. The minimum atomic E-state index is -1.67. The van der Waals surface area contributed by atoms with Crippen LogP contribution in [0.2, 0.25) is 0 Å². The number of primary amides is 1. The lowest BCUT2D eigenvalue weighted by molar-refractivity contribution is -0.137. The average molecular weight is 390 g/mol. The maximum absolute atomic E-state index is 12.1. The standard InChI is InChI=1S/C20H18N6O3/c1-12-22-11-15-16(17(21)27)24-26(18(15)23-12)14-5-3-4-13(10-14)6-7-20(29)8-9-25(2)19(20)28/h3-5,10-11,29H,8-9H2,1-2H3,(H2,21,27). The number of amides is 2. The molecule has 146 valence electrons. The minimum absolute atomic E-state index is 0.0744. The summed E-state index contributed by atoms with van der Waals surface area (Å²) in [7, 11) is 1.63. The van der Waals surface area contributed by atoms with E-state index in [9.17, 15) is 14.7 Å². The quantitative estimate of drug-likeness (QED) is 0.601. The van der Waals surface area contributed by atoms with Crippen molar-refractivity contribution >= 4 is 22.8 Å². The maximum Gasteiger partial charge on any atom is 0.269 e. The molecule has 2 aromatic heterocycles. The predicted molar refractivity (Wildman–Crippen MR) is 104 cm³/mol. The van der Waals surface area contributed by atoms with Gasteiger partial charge in [0.2, 0.25) is 5.60 Å². The molecule has 2 amide bonds. The number of likely N-dealkylation sites (tertiary alicyclic amines) is 1. The molecule has 0 saturated carbocycles. The lowest BCUT2D eigenvalue weighted by atomic mass is 10.0. The average Bonchev–Trinajstić information content (AvgIpc) is 3.20. The van der Waals surface area contributed by atoms with Crippen molar-refractivity contribution in [1.29, 1.82) is 0 Å². The minimum Gasteiger partial charge on any atom is -0.369 e. The first-order chi connectivity index (χ1) is 13.8. The predicted octanol–water partition coefficient (Wildman–Crippen LogP) is 0.168. The van der Waals surface area contributed by atoms with Crippen molar-refractivity contribution in [2.75, 3.05) is 13.6 Å². The Morgan fingerprint density at radius 1 is 1.38 bits per heavy atom. The summed E-state index contributed by atoms with van der Waals surface area (Å²) >= 11 is 0. The van der Waals surface area contributed by atoms with Crippen molar-refractivity contribution < 1.29 is 14.7 Å². The normalized spacial score (nSPS) is 18.7. The number of hydrogen-bond donors (Lipinski definition) is 2. The van der Waals surface area contributed by atoms with Crippen LogP contribution < -0.4 is 5.73 Å². The van der Waals surface area contributed by atoms with Crippen LogP contribution in [0.15, 0.2) is 30.5 Å². The lowest BCUT2D eigenvalue weighted by Gasteiger charge is -2.13. The molecule has 4 rings (SSSR count). The summed E-state index contributed by atoms with van der Waals surface area (Å²) in [4.78, 5) is 33.8. The fourth-order valence-corrected chi connectivity index (χ4v) is 3.21. The van der Waals surface area contributed by atoms with Gasteiger partial charge in [0, 0.05) is 31.8 Å². The molecule has 1 unspecified atom stereocenters. The third-order valence-corrected chi connectivity index (χ3v) is 4.79. The van der Waals surface area contributed by atoms with Gasteiger partial charge in [0.1, 0.15) is 5.82 Å². The highest BCUT2D eigenvalue weighted by Crippen LogP contribution is 2.22. The Morgan fingerprint density at radius 2 is 2.17 bits per heavy atom. The number of fused-ring (bicyclic) bond motifs is 1. The van der Waals surface area contributed by atoms with Gasteiger partial charge in [-0.1, -0.05) is 17.9 Å². The van der Waals surface area contributed by atoms with Gasteiger partial charge < -0.3 is 15.7 Å². The van der Waals surface area contributed by atoms with E-state index in [2.05, 4.69) is 26.9 Å². The second kappa shape index (κ2) is 6.68. The third-order valence-electron chi connectivity index (χ3n) is 4.79. The highest BCUT2D eigenvalue weighted by molar-refractivity contribution is 6.03. The van der Waals surface area contributed by atoms with Crippen LogP contribution in [-0.4, -0.2) is 60.8 Å². The van der Waals surface area contributed by atoms with Gasteiger partial charge in [0.25, 0.3) is 11.8 Å². The number of nitrogens with zero attached hydrogens (tertiary/aromatic N) is 5. The topological polar surface area (TPSA) is 127 Å². The van der Waals surface area contributed by atoms with Gasteiger partial charge >= 0.3 is 0 Å². The Hall–Kier alpha value is -3.77. The molecular formula is C20H18N6O3. The van der Waals surface area contributed by atoms with Crippen molar-refractivity contribution in [3.8, 4) is 17.5 Å². The van der Waals surface area contributed by atoms with E-state index < -0.39 is 17.4 Å². The number of rotatable bonds is 2. The second-order valence-corrected chi connectivity index (χ2v) is 6.92. The zero-order valence-electron chi connectivity index (χ0n) is 15.9. The number of benzene rings is 1. The van der Waals surface area contributed by atoms with E-state index in [1.807, 2.05) is 0 Å². The first-order valence-electron chi connectivity index (χ1n) is 8.92. The number of carbonyl (C=O) groups is 2. The molecule has 0 aliphatic carbocycles. The Morgan fingerprint density at radius 3 is 2.86 bits per heavy atom. The summed E-state index contributed by atoms with van der Waals surface area (Å²) in [5, 5.41) is 15.2. The molecule has 9 heteroatoms. The molecule has 29 heavy (non-hydrogen) atoms. The van der Waals surface area contributed by atoms with E-state index in [0.29, 0.717) is 34.7 Å². The molecule has 0 spiro atoms. The van der Waals surface area contributed by atoms with Gasteiger partial charge in [-0.2, -0.15) is 5.10 Å². The first kappa shape index (κ1) is 18.6. The molecular weight excluding hydrogens is 372 g/mol. The van der Waals surface area contributed by atoms with Gasteiger partial charge in [0.15, 0.2) is 11.3 Å². The van der Waals surface area contributed by atoms with Gasteiger partial charge in [-0.15, -0.1) is 0 Å². The molecule has 9 nitrogen and oxygen atoms in total. The van der Waals surface area contributed by atoms with E-state index in [1.165, 1.54) is 15.8 Å². The van der Waals surface area contributed by atoms with Crippen LogP contribution in [0.3, 0.4) is 0 Å². The van der Waals surface area contributed by atoms with Gasteiger partial charge in [0.05, 0.1) is 11.1 Å². The third kappa shape index (κ3) is 3.19. The Balaban J connectivity index is 1.78.